The monoisotopic (exact) mass is 480 g/mol. The average molecular weight is 481 g/mol. The summed E-state index contributed by atoms with van der Waals surface area (Å²) in [4.78, 5) is 30.3. The normalized spacial score (nSPS) is 19.1. The number of ketones is 1. The van der Waals surface area contributed by atoms with Crippen LogP contribution in [0.1, 0.15) is 43.6 Å². The fourth-order valence-corrected chi connectivity index (χ4v) is 4.68. The van der Waals surface area contributed by atoms with Crippen molar-refractivity contribution < 1.29 is 28.6 Å². The van der Waals surface area contributed by atoms with Gasteiger partial charge in [-0.05, 0) is 74.8 Å². The molecule has 3 heterocycles. The number of allylic oxidation sites excluding steroid dienone is 1. The summed E-state index contributed by atoms with van der Waals surface area (Å²) in [5, 5.41) is 10.8. The summed E-state index contributed by atoms with van der Waals surface area (Å²) < 4.78 is 16.4. The first kappa shape index (κ1) is 24.6. The van der Waals surface area contributed by atoms with Crippen molar-refractivity contribution in [2.75, 3.05) is 39.9 Å². The third-order valence-corrected chi connectivity index (χ3v) is 6.42. The van der Waals surface area contributed by atoms with Crippen molar-refractivity contribution >= 4 is 17.8 Å². The largest absolute Gasteiger partial charge is 0.503 e. The first-order valence-electron chi connectivity index (χ1n) is 12.1. The van der Waals surface area contributed by atoms with Crippen LogP contribution >= 0.6 is 0 Å². The second-order valence-electron chi connectivity index (χ2n) is 8.62. The number of aliphatic hydroxyl groups excluding tert-OH is 1. The topological polar surface area (TPSA) is 92.5 Å². The molecule has 2 aliphatic heterocycles. The molecule has 0 saturated carbocycles. The molecule has 2 aliphatic rings. The van der Waals surface area contributed by atoms with Crippen LogP contribution in [0.15, 0.2) is 58.4 Å². The Morgan fingerprint density at radius 2 is 1.97 bits per heavy atom. The third-order valence-electron chi connectivity index (χ3n) is 6.42. The van der Waals surface area contributed by atoms with E-state index in [-0.39, 0.29) is 5.57 Å². The smallest absolute Gasteiger partial charge is 0.290 e. The van der Waals surface area contributed by atoms with Crippen LogP contribution < -0.4 is 9.47 Å². The lowest BCUT2D eigenvalue weighted by molar-refractivity contribution is -0.129. The molecule has 1 aromatic heterocycles. The lowest BCUT2D eigenvalue weighted by Gasteiger charge is -2.31. The lowest BCUT2D eigenvalue weighted by Crippen LogP contribution is -2.40. The summed E-state index contributed by atoms with van der Waals surface area (Å²) in [5.41, 5.74) is 0.707. The number of benzene rings is 1. The highest BCUT2D eigenvalue weighted by molar-refractivity contribution is 6.14. The quantitative estimate of drug-likeness (QED) is 0.511. The first-order chi connectivity index (χ1) is 17.0. The van der Waals surface area contributed by atoms with Gasteiger partial charge in [-0.15, -0.1) is 0 Å². The lowest BCUT2D eigenvalue weighted by atomic mass is 9.95. The van der Waals surface area contributed by atoms with E-state index in [0.717, 1.165) is 25.9 Å². The predicted molar refractivity (Wildman–Crippen MR) is 131 cm³/mol. The highest BCUT2D eigenvalue weighted by atomic mass is 16.5. The molecule has 4 rings (SSSR count). The van der Waals surface area contributed by atoms with Gasteiger partial charge in [-0.2, -0.15) is 0 Å². The van der Waals surface area contributed by atoms with E-state index < -0.39 is 23.5 Å². The number of furan rings is 1. The van der Waals surface area contributed by atoms with Crippen molar-refractivity contribution in [1.29, 1.82) is 0 Å². The van der Waals surface area contributed by atoms with Gasteiger partial charge in [-0.3, -0.25) is 9.59 Å². The molecule has 8 nitrogen and oxygen atoms in total. The molecule has 1 N–H and O–H groups in total. The van der Waals surface area contributed by atoms with Crippen molar-refractivity contribution in [1.82, 2.24) is 9.80 Å². The highest BCUT2D eigenvalue weighted by Gasteiger charge is 2.43. The summed E-state index contributed by atoms with van der Waals surface area (Å²) in [6.45, 7) is 5.40. The number of methoxy groups -OCH3 is 1. The van der Waals surface area contributed by atoms with Gasteiger partial charge in [-0.25, -0.2) is 0 Å². The molecule has 1 saturated heterocycles. The molecule has 1 amide bonds. The maximum absolute atomic E-state index is 13.3. The first-order valence-corrected chi connectivity index (χ1v) is 12.1. The van der Waals surface area contributed by atoms with E-state index in [2.05, 4.69) is 4.90 Å². The van der Waals surface area contributed by atoms with Crippen LogP contribution in [0.2, 0.25) is 0 Å². The molecule has 1 fully saturated rings. The molecule has 1 atom stereocenters. The number of hydrogen-bond donors (Lipinski definition) is 1. The van der Waals surface area contributed by atoms with Crippen LogP contribution in [-0.4, -0.2) is 66.5 Å². The molecule has 2 aromatic rings. The fourth-order valence-electron chi connectivity index (χ4n) is 4.68. The Balaban J connectivity index is 1.67. The summed E-state index contributed by atoms with van der Waals surface area (Å²) in [7, 11) is 1.54. The van der Waals surface area contributed by atoms with Crippen LogP contribution in [0.4, 0.5) is 0 Å². The molecule has 0 radical (unpaired) electrons. The van der Waals surface area contributed by atoms with Gasteiger partial charge in [0, 0.05) is 13.1 Å². The average Bonchev–Trinajstić information content (AvgIpc) is 3.49. The number of nitrogens with zero attached hydrogens (tertiary/aromatic N) is 2. The number of carbonyl (C=O) groups is 2. The zero-order valence-corrected chi connectivity index (χ0v) is 20.2. The van der Waals surface area contributed by atoms with Crippen LogP contribution in [0.5, 0.6) is 11.5 Å². The molecular weight excluding hydrogens is 448 g/mol. The third kappa shape index (κ3) is 5.43. The Bertz CT molecular complexity index is 1100. The molecule has 1 unspecified atom stereocenters. The van der Waals surface area contributed by atoms with Gasteiger partial charge in [0.2, 0.25) is 0 Å². The van der Waals surface area contributed by atoms with Gasteiger partial charge < -0.3 is 28.8 Å². The Labute approximate surface area is 205 Å². The minimum atomic E-state index is -0.745. The number of hydrogen-bond acceptors (Lipinski definition) is 7. The molecule has 186 valence electrons. The second-order valence-corrected chi connectivity index (χ2v) is 8.62. The van der Waals surface area contributed by atoms with E-state index in [0.29, 0.717) is 42.5 Å². The van der Waals surface area contributed by atoms with Crippen LogP contribution in [0, 0.1) is 0 Å². The number of likely N-dealkylation sites (tertiary alicyclic amines) is 1. The van der Waals surface area contributed by atoms with Gasteiger partial charge in [0.25, 0.3) is 5.91 Å². The van der Waals surface area contributed by atoms with Gasteiger partial charge in [0.1, 0.15) is 5.76 Å². The van der Waals surface area contributed by atoms with E-state index in [1.165, 1.54) is 24.8 Å². The van der Waals surface area contributed by atoms with Crippen molar-refractivity contribution in [2.24, 2.45) is 0 Å². The number of piperidine rings is 1. The zero-order chi connectivity index (χ0) is 24.8. The summed E-state index contributed by atoms with van der Waals surface area (Å²) in [6.07, 6.45) is 7.86. The van der Waals surface area contributed by atoms with Gasteiger partial charge >= 0.3 is 0 Å². The van der Waals surface area contributed by atoms with E-state index in [9.17, 15) is 14.7 Å². The maximum atomic E-state index is 13.3. The van der Waals surface area contributed by atoms with E-state index in [4.69, 9.17) is 13.9 Å². The number of rotatable bonds is 10. The molecule has 1 aromatic carbocycles. The number of carbonyl (C=O) groups excluding carboxylic acids is 2. The Morgan fingerprint density at radius 1 is 1.17 bits per heavy atom. The molecule has 35 heavy (non-hydrogen) atoms. The SMILES string of the molecule is CCOc1ccc(C2C(C(=O)/C=C/c3ccco3)=C(O)C(=O)N2CCN2CCCCC2)cc1OC. The minimum Gasteiger partial charge on any atom is -0.503 e. The van der Waals surface area contributed by atoms with Gasteiger partial charge in [0.15, 0.2) is 23.0 Å². The van der Waals surface area contributed by atoms with Crippen molar-refractivity contribution in [2.45, 2.75) is 32.2 Å². The van der Waals surface area contributed by atoms with E-state index in [1.54, 1.807) is 36.3 Å². The Morgan fingerprint density at radius 3 is 2.66 bits per heavy atom. The van der Waals surface area contributed by atoms with E-state index in [1.807, 2.05) is 13.0 Å². The van der Waals surface area contributed by atoms with Gasteiger partial charge in [-0.1, -0.05) is 12.5 Å². The zero-order valence-electron chi connectivity index (χ0n) is 20.2. The number of amides is 1. The molecule has 0 aliphatic carbocycles. The Kier molecular flexibility index (Phi) is 7.92. The van der Waals surface area contributed by atoms with Crippen molar-refractivity contribution in [3.8, 4) is 11.5 Å². The molecule has 0 spiro atoms. The van der Waals surface area contributed by atoms with Crippen molar-refractivity contribution in [3.63, 3.8) is 0 Å². The molecule has 0 bridgehead atoms. The Hall–Kier alpha value is -3.52. The standard InChI is InChI=1S/C27H32N2O6/c1-3-34-22-12-9-19(18-23(22)33-2)25-24(21(30)11-10-20-8-7-17-35-20)26(31)27(32)29(25)16-15-28-13-5-4-6-14-28/h7-12,17-18,25,31H,3-6,13-16H2,1-2H3/b11-10+. The minimum absolute atomic E-state index is 0.0441. The van der Waals surface area contributed by atoms with E-state index >= 15 is 0 Å². The predicted octanol–water partition coefficient (Wildman–Crippen LogP) is 4.15. The fraction of sp³-hybridized carbons (Fsp3) is 0.407. The molecule has 8 heteroatoms. The van der Waals surface area contributed by atoms with Crippen LogP contribution in [0.3, 0.4) is 0 Å². The van der Waals surface area contributed by atoms with Crippen molar-refractivity contribution in [3.05, 3.63) is 65.3 Å². The maximum Gasteiger partial charge on any atom is 0.290 e. The van der Waals surface area contributed by atoms with Crippen LogP contribution in [0.25, 0.3) is 6.08 Å². The summed E-state index contributed by atoms with van der Waals surface area (Å²) in [6, 6.07) is 8.03. The summed E-state index contributed by atoms with van der Waals surface area (Å²) >= 11 is 0. The number of aliphatic hydroxyl groups is 1. The number of ether oxygens (including phenoxy) is 2. The van der Waals surface area contributed by atoms with Gasteiger partial charge in [0.05, 0.1) is 31.6 Å². The summed E-state index contributed by atoms with van der Waals surface area (Å²) in [5.74, 6) is 0.0543. The highest BCUT2D eigenvalue weighted by Crippen LogP contribution is 2.41. The molecular formula is C27H32N2O6. The second kappa shape index (κ2) is 11.3. The van der Waals surface area contributed by atoms with Crippen LogP contribution in [-0.2, 0) is 9.59 Å².